The predicted molar refractivity (Wildman–Crippen MR) is 90.9 cm³/mol. The number of aromatic nitrogens is 2. The molecule has 2 aliphatic heterocycles. The zero-order valence-corrected chi connectivity index (χ0v) is 15.2. The van der Waals surface area contributed by atoms with Crippen LogP contribution >= 0.6 is 12.4 Å². The molecule has 10 heteroatoms. The zero-order valence-electron chi connectivity index (χ0n) is 14.3. The van der Waals surface area contributed by atoms with Crippen molar-refractivity contribution in [2.45, 2.75) is 37.8 Å². The maximum Gasteiger partial charge on any atom is 0.435 e. The molecule has 0 spiro atoms. The molecule has 1 aromatic rings. The Morgan fingerprint density at radius 3 is 2.69 bits per heavy atom. The van der Waals surface area contributed by atoms with Gasteiger partial charge in [0, 0.05) is 44.5 Å². The monoisotopic (exact) mass is 396 g/mol. The summed E-state index contributed by atoms with van der Waals surface area (Å²) in [4.78, 5) is 14.8. The highest BCUT2D eigenvalue weighted by atomic mass is 35.5. The number of aromatic amines is 1. The van der Waals surface area contributed by atoms with Crippen molar-refractivity contribution >= 4 is 18.3 Å². The summed E-state index contributed by atoms with van der Waals surface area (Å²) in [5, 5.41) is 5.85. The van der Waals surface area contributed by atoms with Gasteiger partial charge in [0.25, 0.3) is 0 Å². The maximum atomic E-state index is 13.0. The first-order chi connectivity index (χ1) is 11.9. The van der Waals surface area contributed by atoms with Crippen LogP contribution in [0.3, 0.4) is 0 Å². The van der Waals surface area contributed by atoms with E-state index in [4.69, 9.17) is 10.5 Å². The van der Waals surface area contributed by atoms with Crippen LogP contribution < -0.4 is 5.73 Å². The molecule has 6 nitrogen and oxygen atoms in total. The van der Waals surface area contributed by atoms with Crippen LogP contribution in [0.5, 0.6) is 0 Å². The zero-order chi connectivity index (χ0) is 18.1. The third-order valence-electron chi connectivity index (χ3n) is 5.33. The highest BCUT2D eigenvalue weighted by molar-refractivity contribution is 5.85. The standard InChI is InChI=1S/C16H23F3N4O2.ClH/c17-16(18,19)13-8-12(21-22-13)11-2-1-5-23(9-11)14(24)15(10-20)3-6-25-7-4-15;/h8,11H,1-7,9-10,20H2,(H,21,22);1H. The quantitative estimate of drug-likeness (QED) is 0.821. The Hall–Kier alpha value is -1.32. The molecule has 3 N–H and O–H groups in total. The second-order valence-corrected chi connectivity index (χ2v) is 6.89. The van der Waals surface area contributed by atoms with Crippen molar-refractivity contribution in [1.82, 2.24) is 15.1 Å². The number of nitrogens with one attached hydrogen (secondary N) is 1. The van der Waals surface area contributed by atoms with Crippen molar-refractivity contribution < 1.29 is 22.7 Å². The van der Waals surface area contributed by atoms with Crippen LogP contribution in [-0.4, -0.2) is 53.9 Å². The molecule has 3 rings (SSSR count). The minimum atomic E-state index is -4.47. The van der Waals surface area contributed by atoms with Gasteiger partial charge in [-0.3, -0.25) is 9.89 Å². The molecule has 26 heavy (non-hydrogen) atoms. The van der Waals surface area contributed by atoms with Crippen molar-refractivity contribution in [3.63, 3.8) is 0 Å². The number of hydrogen-bond acceptors (Lipinski definition) is 4. The van der Waals surface area contributed by atoms with Crippen molar-refractivity contribution in [2.24, 2.45) is 11.1 Å². The van der Waals surface area contributed by atoms with Crippen molar-refractivity contribution in [1.29, 1.82) is 0 Å². The Balaban J connectivity index is 0.00000243. The molecule has 1 amide bonds. The minimum Gasteiger partial charge on any atom is -0.381 e. The number of nitrogens with two attached hydrogens (primary N) is 1. The first-order valence-corrected chi connectivity index (χ1v) is 8.55. The molecule has 1 unspecified atom stereocenters. The Morgan fingerprint density at radius 1 is 1.42 bits per heavy atom. The number of rotatable bonds is 3. The normalized spacial score (nSPS) is 23.4. The molecule has 0 aromatic carbocycles. The van der Waals surface area contributed by atoms with E-state index in [-0.39, 0.29) is 30.8 Å². The molecule has 1 atom stereocenters. The largest absolute Gasteiger partial charge is 0.435 e. The smallest absolute Gasteiger partial charge is 0.381 e. The topological polar surface area (TPSA) is 84.2 Å². The molecule has 0 saturated carbocycles. The van der Waals surface area contributed by atoms with Crippen molar-refractivity contribution in [3.05, 3.63) is 17.5 Å². The molecule has 0 aliphatic carbocycles. The van der Waals surface area contributed by atoms with Gasteiger partial charge in [-0.2, -0.15) is 18.3 Å². The summed E-state index contributed by atoms with van der Waals surface area (Å²) in [6.45, 7) is 2.28. The van der Waals surface area contributed by atoms with E-state index in [2.05, 4.69) is 10.2 Å². The number of nitrogens with zero attached hydrogens (tertiary/aromatic N) is 2. The fraction of sp³-hybridized carbons (Fsp3) is 0.750. The van der Waals surface area contributed by atoms with E-state index in [9.17, 15) is 18.0 Å². The second-order valence-electron chi connectivity index (χ2n) is 6.89. The summed E-state index contributed by atoms with van der Waals surface area (Å²) in [6, 6.07) is 1.05. The highest BCUT2D eigenvalue weighted by Crippen LogP contribution is 2.36. The summed E-state index contributed by atoms with van der Waals surface area (Å²) in [6.07, 6.45) is -1.82. The van der Waals surface area contributed by atoms with Gasteiger partial charge >= 0.3 is 6.18 Å². The first kappa shape index (κ1) is 21.0. The number of hydrogen-bond donors (Lipinski definition) is 2. The van der Waals surface area contributed by atoms with Gasteiger partial charge in [0.15, 0.2) is 5.69 Å². The average molecular weight is 397 g/mol. The van der Waals surface area contributed by atoms with E-state index in [1.165, 1.54) is 0 Å². The number of alkyl halides is 3. The third kappa shape index (κ3) is 4.15. The van der Waals surface area contributed by atoms with E-state index in [1.54, 1.807) is 4.90 Å². The Morgan fingerprint density at radius 2 is 2.12 bits per heavy atom. The second kappa shape index (κ2) is 8.14. The van der Waals surface area contributed by atoms with Crippen LogP contribution in [0.2, 0.25) is 0 Å². The minimum absolute atomic E-state index is 0. The number of H-pyrrole nitrogens is 1. The summed E-state index contributed by atoms with van der Waals surface area (Å²) >= 11 is 0. The maximum absolute atomic E-state index is 13.0. The van der Waals surface area contributed by atoms with E-state index in [0.29, 0.717) is 44.8 Å². The third-order valence-corrected chi connectivity index (χ3v) is 5.33. The van der Waals surface area contributed by atoms with Crippen LogP contribution in [0.4, 0.5) is 13.2 Å². The lowest BCUT2D eigenvalue weighted by Crippen LogP contribution is -2.53. The highest BCUT2D eigenvalue weighted by Gasteiger charge is 2.43. The van der Waals surface area contributed by atoms with E-state index >= 15 is 0 Å². The molecule has 2 fully saturated rings. The lowest BCUT2D eigenvalue weighted by molar-refractivity contribution is -0.148. The predicted octanol–water partition coefficient (Wildman–Crippen LogP) is 2.31. The molecule has 1 aromatic heterocycles. The van der Waals surface area contributed by atoms with Crippen molar-refractivity contribution in [3.8, 4) is 0 Å². The lowest BCUT2D eigenvalue weighted by Gasteiger charge is -2.41. The van der Waals surface area contributed by atoms with Crippen LogP contribution in [0, 0.1) is 5.41 Å². The summed E-state index contributed by atoms with van der Waals surface area (Å²) in [7, 11) is 0. The summed E-state index contributed by atoms with van der Waals surface area (Å²) in [5.74, 6) is -0.172. The van der Waals surface area contributed by atoms with E-state index in [1.807, 2.05) is 0 Å². The van der Waals surface area contributed by atoms with Gasteiger partial charge in [0.1, 0.15) is 0 Å². The van der Waals surface area contributed by atoms with Gasteiger partial charge in [0.2, 0.25) is 5.91 Å². The fourth-order valence-electron chi connectivity index (χ4n) is 3.71. The Labute approximate surface area is 156 Å². The van der Waals surface area contributed by atoms with Gasteiger partial charge in [-0.05, 0) is 31.7 Å². The number of ether oxygens (including phenoxy) is 1. The van der Waals surface area contributed by atoms with Crippen LogP contribution in [0.25, 0.3) is 0 Å². The van der Waals surface area contributed by atoms with Crippen LogP contribution in [0.1, 0.15) is 43.0 Å². The van der Waals surface area contributed by atoms with Gasteiger partial charge in [-0.15, -0.1) is 12.4 Å². The molecular weight excluding hydrogens is 373 g/mol. The molecule has 148 valence electrons. The number of carbonyl (C=O) groups excluding carboxylic acids is 1. The molecule has 2 aliphatic rings. The van der Waals surface area contributed by atoms with Gasteiger partial charge in [-0.25, -0.2) is 0 Å². The molecular formula is C16H24ClF3N4O2. The SMILES string of the molecule is Cl.NCC1(C(=O)N2CCCC(c3cc(C(F)(F)F)n[nH]3)C2)CCOCC1. The number of halogens is 4. The number of piperidine rings is 1. The summed E-state index contributed by atoms with van der Waals surface area (Å²) in [5.41, 5.74) is 4.80. The first-order valence-electron chi connectivity index (χ1n) is 8.55. The molecule has 2 saturated heterocycles. The molecule has 0 bridgehead atoms. The Kier molecular flexibility index (Phi) is 6.57. The van der Waals surface area contributed by atoms with Crippen molar-refractivity contribution in [2.75, 3.05) is 32.8 Å². The van der Waals surface area contributed by atoms with E-state index in [0.717, 1.165) is 18.9 Å². The number of likely N-dealkylation sites (tertiary alicyclic amines) is 1. The number of carbonyl (C=O) groups is 1. The Bertz CT molecular complexity index is 617. The van der Waals surface area contributed by atoms with E-state index < -0.39 is 17.3 Å². The average Bonchev–Trinajstić information content (AvgIpc) is 3.12. The molecule has 0 radical (unpaired) electrons. The number of amides is 1. The van der Waals surface area contributed by atoms with Gasteiger partial charge in [-0.1, -0.05) is 0 Å². The van der Waals surface area contributed by atoms with Gasteiger partial charge < -0.3 is 15.4 Å². The van der Waals surface area contributed by atoms with Gasteiger partial charge in [0.05, 0.1) is 5.41 Å². The fourth-order valence-corrected chi connectivity index (χ4v) is 3.71. The van der Waals surface area contributed by atoms with Crippen LogP contribution in [-0.2, 0) is 15.7 Å². The van der Waals surface area contributed by atoms with Crippen LogP contribution in [0.15, 0.2) is 6.07 Å². The lowest BCUT2D eigenvalue weighted by atomic mass is 9.78. The molecule has 3 heterocycles. The summed E-state index contributed by atoms with van der Waals surface area (Å²) < 4.78 is 43.6.